The maximum Gasteiger partial charge on any atom is 0.0363 e. The number of benzene rings is 1. The third kappa shape index (κ3) is 5.00. The van der Waals surface area contributed by atoms with Crippen molar-refractivity contribution in [1.29, 1.82) is 0 Å². The van der Waals surface area contributed by atoms with Crippen molar-refractivity contribution in [3.05, 3.63) is 35.4 Å². The van der Waals surface area contributed by atoms with Crippen molar-refractivity contribution in [2.24, 2.45) is 0 Å². The first-order chi connectivity index (χ1) is 9.65. The predicted octanol–water partition coefficient (Wildman–Crippen LogP) is 1.79. The van der Waals surface area contributed by atoms with Crippen molar-refractivity contribution >= 4 is 10.8 Å². The van der Waals surface area contributed by atoms with E-state index in [0.717, 1.165) is 44.1 Å². The van der Waals surface area contributed by atoms with Crippen molar-refractivity contribution in [3.8, 4) is 0 Å². The second-order valence-electron chi connectivity index (χ2n) is 5.75. The molecule has 0 atom stereocenters. The van der Waals surface area contributed by atoms with Crippen LogP contribution in [0.25, 0.3) is 0 Å². The molecule has 2 rings (SSSR count). The maximum atomic E-state index is 11.4. The van der Waals surface area contributed by atoms with Crippen molar-refractivity contribution in [2.45, 2.75) is 32.9 Å². The van der Waals surface area contributed by atoms with Gasteiger partial charge in [0.2, 0.25) is 0 Å². The Kier molecular flexibility index (Phi) is 6.20. The summed E-state index contributed by atoms with van der Waals surface area (Å²) in [5.74, 6) is 1.66. The van der Waals surface area contributed by atoms with Crippen LogP contribution in [-0.4, -0.2) is 46.3 Å². The van der Waals surface area contributed by atoms with E-state index < -0.39 is 10.8 Å². The first-order valence-electron chi connectivity index (χ1n) is 7.52. The lowest BCUT2D eigenvalue weighted by Gasteiger charge is -2.27. The number of nitrogens with zero attached hydrogens (tertiary/aromatic N) is 1. The molecule has 0 bridgehead atoms. The van der Waals surface area contributed by atoms with E-state index in [1.807, 2.05) is 0 Å². The van der Waals surface area contributed by atoms with E-state index in [2.05, 4.69) is 48.3 Å². The van der Waals surface area contributed by atoms with Gasteiger partial charge in [-0.25, -0.2) is 0 Å². The molecule has 1 N–H and O–H groups in total. The second kappa shape index (κ2) is 7.91. The Morgan fingerprint density at radius 3 is 2.50 bits per heavy atom. The molecule has 20 heavy (non-hydrogen) atoms. The molecule has 1 saturated heterocycles. The van der Waals surface area contributed by atoms with Crippen molar-refractivity contribution in [1.82, 2.24) is 10.2 Å². The fourth-order valence-electron chi connectivity index (χ4n) is 2.53. The number of rotatable bonds is 6. The SMILES string of the molecule is CC(C)NCCc1ccccc1CN1CCS(=O)CC1. The van der Waals surface area contributed by atoms with Crippen LogP contribution in [0, 0.1) is 0 Å². The average Bonchev–Trinajstić information content (AvgIpc) is 2.43. The van der Waals surface area contributed by atoms with Gasteiger partial charge in [-0.3, -0.25) is 9.11 Å². The first-order valence-corrected chi connectivity index (χ1v) is 9.01. The minimum atomic E-state index is -0.586. The zero-order chi connectivity index (χ0) is 14.4. The second-order valence-corrected chi connectivity index (χ2v) is 7.45. The van der Waals surface area contributed by atoms with Crippen LogP contribution in [0.2, 0.25) is 0 Å². The molecule has 1 heterocycles. The van der Waals surface area contributed by atoms with Gasteiger partial charge in [-0.2, -0.15) is 0 Å². The largest absolute Gasteiger partial charge is 0.314 e. The highest BCUT2D eigenvalue weighted by Gasteiger charge is 2.16. The van der Waals surface area contributed by atoms with Gasteiger partial charge in [0.05, 0.1) is 0 Å². The van der Waals surface area contributed by atoms with Gasteiger partial charge in [0.1, 0.15) is 0 Å². The molecular formula is C16H26N2OS. The number of nitrogens with one attached hydrogen (secondary N) is 1. The minimum Gasteiger partial charge on any atom is -0.314 e. The average molecular weight is 294 g/mol. The quantitative estimate of drug-likeness (QED) is 0.868. The Morgan fingerprint density at radius 1 is 1.20 bits per heavy atom. The van der Waals surface area contributed by atoms with Gasteiger partial charge in [-0.1, -0.05) is 38.1 Å². The molecule has 112 valence electrons. The summed E-state index contributed by atoms with van der Waals surface area (Å²) in [5, 5.41) is 3.48. The molecule has 0 unspecified atom stereocenters. The van der Waals surface area contributed by atoms with Crippen LogP contribution in [0.3, 0.4) is 0 Å². The van der Waals surface area contributed by atoms with Crippen LogP contribution >= 0.6 is 0 Å². The van der Waals surface area contributed by atoms with Crippen LogP contribution < -0.4 is 5.32 Å². The molecule has 1 aliphatic rings. The number of hydrogen-bond acceptors (Lipinski definition) is 3. The van der Waals surface area contributed by atoms with Crippen molar-refractivity contribution < 1.29 is 4.21 Å². The third-order valence-electron chi connectivity index (χ3n) is 3.73. The summed E-state index contributed by atoms with van der Waals surface area (Å²) in [6.45, 7) is 8.31. The monoisotopic (exact) mass is 294 g/mol. The van der Waals surface area contributed by atoms with Crippen LogP contribution in [-0.2, 0) is 23.8 Å². The smallest absolute Gasteiger partial charge is 0.0363 e. The van der Waals surface area contributed by atoms with Crippen molar-refractivity contribution in [3.63, 3.8) is 0 Å². The van der Waals surface area contributed by atoms with Crippen LogP contribution in [0.4, 0.5) is 0 Å². The van der Waals surface area contributed by atoms with Crippen molar-refractivity contribution in [2.75, 3.05) is 31.1 Å². The van der Waals surface area contributed by atoms with Gasteiger partial charge in [-0.05, 0) is 24.1 Å². The molecule has 0 spiro atoms. The van der Waals surface area contributed by atoms with Gasteiger partial charge in [0.15, 0.2) is 0 Å². The predicted molar refractivity (Wildman–Crippen MR) is 86.4 cm³/mol. The Hall–Kier alpha value is -0.710. The van der Waals surface area contributed by atoms with Crippen LogP contribution in [0.5, 0.6) is 0 Å². The normalized spacial score (nSPS) is 17.8. The Labute approximate surface area is 125 Å². The summed E-state index contributed by atoms with van der Waals surface area (Å²) in [6, 6.07) is 9.26. The maximum absolute atomic E-state index is 11.4. The van der Waals surface area contributed by atoms with E-state index in [0.29, 0.717) is 6.04 Å². The molecule has 1 fully saturated rings. The van der Waals surface area contributed by atoms with Gasteiger partial charge in [0, 0.05) is 48.0 Å². The molecule has 0 amide bonds. The Bertz CT molecular complexity index is 438. The van der Waals surface area contributed by atoms with Gasteiger partial charge in [0.25, 0.3) is 0 Å². The summed E-state index contributed by atoms with van der Waals surface area (Å²) in [4.78, 5) is 2.43. The van der Waals surface area contributed by atoms with E-state index >= 15 is 0 Å². The third-order valence-corrected chi connectivity index (χ3v) is 5.01. The molecule has 1 aliphatic heterocycles. The van der Waals surface area contributed by atoms with E-state index in [9.17, 15) is 4.21 Å². The molecule has 0 aromatic heterocycles. The highest BCUT2D eigenvalue weighted by atomic mass is 32.2. The lowest BCUT2D eigenvalue weighted by atomic mass is 10.0. The lowest BCUT2D eigenvalue weighted by Crippen LogP contribution is -2.37. The molecule has 1 aromatic carbocycles. The highest BCUT2D eigenvalue weighted by molar-refractivity contribution is 7.85. The fraction of sp³-hybridized carbons (Fsp3) is 0.625. The lowest BCUT2D eigenvalue weighted by molar-refractivity contribution is 0.290. The molecule has 3 nitrogen and oxygen atoms in total. The molecular weight excluding hydrogens is 268 g/mol. The van der Waals surface area contributed by atoms with Gasteiger partial charge >= 0.3 is 0 Å². The van der Waals surface area contributed by atoms with Crippen LogP contribution in [0.1, 0.15) is 25.0 Å². The summed E-state index contributed by atoms with van der Waals surface area (Å²) in [6.07, 6.45) is 1.08. The molecule has 4 heteroatoms. The summed E-state index contributed by atoms with van der Waals surface area (Å²) in [5.41, 5.74) is 2.86. The topological polar surface area (TPSA) is 32.3 Å². The van der Waals surface area contributed by atoms with Crippen LogP contribution in [0.15, 0.2) is 24.3 Å². The zero-order valence-corrected chi connectivity index (χ0v) is 13.4. The fourth-order valence-corrected chi connectivity index (χ4v) is 3.65. The molecule has 0 radical (unpaired) electrons. The summed E-state index contributed by atoms with van der Waals surface area (Å²) >= 11 is 0. The molecule has 0 aliphatic carbocycles. The zero-order valence-electron chi connectivity index (χ0n) is 12.6. The summed E-state index contributed by atoms with van der Waals surface area (Å²) in [7, 11) is -0.586. The number of hydrogen-bond donors (Lipinski definition) is 1. The highest BCUT2D eigenvalue weighted by Crippen LogP contribution is 2.14. The standard InChI is InChI=1S/C16H26N2OS/c1-14(2)17-8-7-15-5-3-4-6-16(15)13-18-9-11-20(19)12-10-18/h3-6,14,17H,7-13H2,1-2H3. The first kappa shape index (κ1) is 15.7. The van der Waals surface area contributed by atoms with Gasteiger partial charge in [-0.15, -0.1) is 0 Å². The molecule has 0 saturated carbocycles. The van der Waals surface area contributed by atoms with Gasteiger partial charge < -0.3 is 5.32 Å². The van der Waals surface area contributed by atoms with E-state index in [1.165, 1.54) is 11.1 Å². The molecule has 1 aromatic rings. The Morgan fingerprint density at radius 2 is 1.85 bits per heavy atom. The summed E-state index contributed by atoms with van der Waals surface area (Å²) < 4.78 is 11.4. The van der Waals surface area contributed by atoms with E-state index in [-0.39, 0.29) is 0 Å². The minimum absolute atomic E-state index is 0.541. The van der Waals surface area contributed by atoms with E-state index in [4.69, 9.17) is 0 Å². The van der Waals surface area contributed by atoms with E-state index in [1.54, 1.807) is 0 Å². The Balaban J connectivity index is 1.91.